The van der Waals surface area contributed by atoms with Crippen LogP contribution < -0.4 is 15.8 Å². The molecular weight excluding hydrogens is 274 g/mol. The molecule has 2 rings (SSSR count). The van der Waals surface area contributed by atoms with Crippen molar-refractivity contribution in [2.45, 2.75) is 6.92 Å². The van der Waals surface area contributed by atoms with Gasteiger partial charge in [-0.05, 0) is 12.1 Å². The molecule has 20 heavy (non-hydrogen) atoms. The van der Waals surface area contributed by atoms with Crippen LogP contribution in [0.3, 0.4) is 0 Å². The van der Waals surface area contributed by atoms with Gasteiger partial charge in [0, 0.05) is 18.0 Å². The maximum atomic E-state index is 11.8. The third-order valence-corrected chi connectivity index (χ3v) is 3.83. The van der Waals surface area contributed by atoms with Crippen molar-refractivity contribution < 1.29 is 9.53 Å². The Kier molecular flexibility index (Phi) is 4.70. The minimum Gasteiger partial charge on any atom is -0.497 e. The predicted molar refractivity (Wildman–Crippen MR) is 81.0 cm³/mol. The zero-order chi connectivity index (χ0) is 14.5. The van der Waals surface area contributed by atoms with E-state index in [2.05, 4.69) is 10.3 Å². The van der Waals surface area contributed by atoms with Crippen LogP contribution in [0.5, 0.6) is 5.75 Å². The van der Waals surface area contributed by atoms with E-state index in [0.29, 0.717) is 11.5 Å². The van der Waals surface area contributed by atoms with Gasteiger partial charge in [0.2, 0.25) is 5.91 Å². The van der Waals surface area contributed by atoms with Crippen LogP contribution in [-0.4, -0.2) is 24.5 Å². The maximum Gasteiger partial charge on any atom is 0.229 e. The third-order valence-electron chi connectivity index (χ3n) is 2.87. The maximum absolute atomic E-state index is 11.8. The van der Waals surface area contributed by atoms with Gasteiger partial charge in [-0.1, -0.05) is 30.4 Å². The molecule has 0 radical (unpaired) electrons. The number of methoxy groups -OCH3 is 1. The molecule has 0 aliphatic carbocycles. The van der Waals surface area contributed by atoms with Gasteiger partial charge in [-0.25, -0.2) is 4.98 Å². The number of rotatable bonds is 5. The second kappa shape index (κ2) is 6.49. The summed E-state index contributed by atoms with van der Waals surface area (Å²) in [5, 5.41) is 4.37. The number of hydrogen-bond donors (Lipinski definition) is 2. The van der Waals surface area contributed by atoms with Crippen LogP contribution in [0.2, 0.25) is 0 Å². The van der Waals surface area contributed by atoms with Crippen molar-refractivity contribution in [2.24, 2.45) is 11.7 Å². The predicted octanol–water partition coefficient (Wildman–Crippen LogP) is 2.35. The number of aromatic nitrogens is 1. The first-order valence-corrected chi connectivity index (χ1v) is 7.07. The summed E-state index contributed by atoms with van der Waals surface area (Å²) in [7, 11) is 1.63. The van der Waals surface area contributed by atoms with E-state index in [1.54, 1.807) is 20.2 Å². The van der Waals surface area contributed by atoms with Crippen LogP contribution >= 0.6 is 11.3 Å². The molecular formula is C14H17N3O2S. The van der Waals surface area contributed by atoms with E-state index in [1.807, 2.05) is 24.3 Å². The monoisotopic (exact) mass is 291 g/mol. The van der Waals surface area contributed by atoms with Crippen molar-refractivity contribution >= 4 is 22.2 Å². The molecule has 2 aromatic rings. The Morgan fingerprint density at radius 2 is 2.35 bits per heavy atom. The van der Waals surface area contributed by atoms with Gasteiger partial charge < -0.3 is 15.8 Å². The Balaban J connectivity index is 2.14. The number of nitrogens with two attached hydrogens (primary N) is 1. The zero-order valence-electron chi connectivity index (χ0n) is 11.4. The van der Waals surface area contributed by atoms with Crippen LogP contribution in [0, 0.1) is 5.92 Å². The first-order valence-electron chi connectivity index (χ1n) is 6.25. The summed E-state index contributed by atoms with van der Waals surface area (Å²) in [6.07, 6.45) is 1.65. The second-order valence-corrected chi connectivity index (χ2v) is 5.42. The zero-order valence-corrected chi connectivity index (χ0v) is 12.2. The SMILES string of the molecule is COc1cccc(-c2ncc(NC(=O)[C@H](C)CN)s2)c1. The van der Waals surface area contributed by atoms with Crippen molar-refractivity contribution in [3.8, 4) is 16.3 Å². The molecule has 6 heteroatoms. The lowest BCUT2D eigenvalue weighted by molar-refractivity contribution is -0.119. The smallest absolute Gasteiger partial charge is 0.229 e. The van der Waals surface area contributed by atoms with E-state index in [0.717, 1.165) is 16.3 Å². The first-order chi connectivity index (χ1) is 9.63. The van der Waals surface area contributed by atoms with Gasteiger partial charge in [-0.2, -0.15) is 0 Å². The van der Waals surface area contributed by atoms with Gasteiger partial charge in [0.05, 0.1) is 13.3 Å². The lowest BCUT2D eigenvalue weighted by Crippen LogP contribution is -2.26. The van der Waals surface area contributed by atoms with Crippen LogP contribution in [-0.2, 0) is 4.79 Å². The van der Waals surface area contributed by atoms with Crippen molar-refractivity contribution in [3.63, 3.8) is 0 Å². The Hall–Kier alpha value is -1.92. The number of benzene rings is 1. The molecule has 0 saturated carbocycles. The number of nitrogens with zero attached hydrogens (tertiary/aromatic N) is 1. The van der Waals surface area contributed by atoms with Crippen LogP contribution in [0.15, 0.2) is 30.5 Å². The summed E-state index contributed by atoms with van der Waals surface area (Å²) in [6, 6.07) is 7.65. The Bertz CT molecular complexity index is 598. The number of anilines is 1. The van der Waals surface area contributed by atoms with Gasteiger partial charge in [0.1, 0.15) is 15.8 Å². The van der Waals surface area contributed by atoms with Crippen molar-refractivity contribution in [2.75, 3.05) is 19.0 Å². The Labute approximate surface area is 121 Å². The summed E-state index contributed by atoms with van der Waals surface area (Å²) in [6.45, 7) is 2.12. The topological polar surface area (TPSA) is 77.2 Å². The highest BCUT2D eigenvalue weighted by Gasteiger charge is 2.13. The van der Waals surface area contributed by atoms with Crippen LogP contribution in [0.1, 0.15) is 6.92 Å². The normalized spacial score (nSPS) is 11.9. The highest BCUT2D eigenvalue weighted by Crippen LogP contribution is 2.30. The molecule has 1 heterocycles. The number of hydrogen-bond acceptors (Lipinski definition) is 5. The number of amides is 1. The molecule has 0 spiro atoms. The first kappa shape index (κ1) is 14.5. The summed E-state index contributed by atoms with van der Waals surface area (Å²) in [4.78, 5) is 16.1. The number of thiazole rings is 1. The van der Waals surface area contributed by atoms with E-state index in [4.69, 9.17) is 10.5 Å². The fraction of sp³-hybridized carbons (Fsp3) is 0.286. The lowest BCUT2D eigenvalue weighted by Gasteiger charge is -2.07. The third kappa shape index (κ3) is 3.34. The fourth-order valence-electron chi connectivity index (χ4n) is 1.57. The molecule has 1 aromatic carbocycles. The van der Waals surface area contributed by atoms with Crippen molar-refractivity contribution in [1.82, 2.24) is 4.98 Å². The summed E-state index contributed by atoms with van der Waals surface area (Å²) >= 11 is 1.42. The molecule has 106 valence electrons. The second-order valence-electron chi connectivity index (χ2n) is 4.39. The molecule has 1 amide bonds. The molecule has 0 saturated heterocycles. The number of nitrogens with one attached hydrogen (secondary N) is 1. The summed E-state index contributed by atoms with van der Waals surface area (Å²) < 4.78 is 5.19. The highest BCUT2D eigenvalue weighted by molar-refractivity contribution is 7.19. The van der Waals surface area contributed by atoms with E-state index >= 15 is 0 Å². The average molecular weight is 291 g/mol. The summed E-state index contributed by atoms with van der Waals surface area (Å²) in [5.74, 6) is 0.478. The van der Waals surface area contributed by atoms with Crippen molar-refractivity contribution in [1.29, 1.82) is 0 Å². The van der Waals surface area contributed by atoms with Crippen molar-refractivity contribution in [3.05, 3.63) is 30.5 Å². The largest absolute Gasteiger partial charge is 0.497 e. The van der Waals surface area contributed by atoms with Gasteiger partial charge >= 0.3 is 0 Å². The lowest BCUT2D eigenvalue weighted by atomic mass is 10.2. The van der Waals surface area contributed by atoms with Gasteiger partial charge in [-0.3, -0.25) is 4.79 Å². The van der Waals surface area contributed by atoms with E-state index in [9.17, 15) is 4.79 Å². The van der Waals surface area contributed by atoms with E-state index < -0.39 is 0 Å². The number of carbonyl (C=O) groups is 1. The van der Waals surface area contributed by atoms with E-state index in [-0.39, 0.29) is 11.8 Å². The van der Waals surface area contributed by atoms with Crippen LogP contribution in [0.25, 0.3) is 10.6 Å². The molecule has 1 atom stereocenters. The Morgan fingerprint density at radius 1 is 1.55 bits per heavy atom. The molecule has 0 unspecified atom stereocenters. The minimum atomic E-state index is -0.211. The molecule has 0 aliphatic heterocycles. The minimum absolute atomic E-state index is 0.0895. The number of carbonyl (C=O) groups excluding carboxylic acids is 1. The van der Waals surface area contributed by atoms with Gasteiger partial charge in [-0.15, -0.1) is 0 Å². The number of ether oxygens (including phenoxy) is 1. The highest BCUT2D eigenvalue weighted by atomic mass is 32.1. The molecule has 0 fully saturated rings. The standard InChI is InChI=1S/C14H17N3O2S/c1-9(7-15)13(18)17-12-8-16-14(20-12)10-4-3-5-11(6-10)19-2/h3-6,8-9H,7,15H2,1-2H3,(H,17,18)/t9-/m1/s1. The van der Waals surface area contributed by atoms with Gasteiger partial charge in [0.25, 0.3) is 0 Å². The quantitative estimate of drug-likeness (QED) is 0.886. The Morgan fingerprint density at radius 3 is 3.05 bits per heavy atom. The molecule has 0 bridgehead atoms. The summed E-state index contributed by atoms with van der Waals surface area (Å²) in [5.41, 5.74) is 6.43. The molecule has 0 aliphatic rings. The van der Waals surface area contributed by atoms with E-state index in [1.165, 1.54) is 11.3 Å². The van der Waals surface area contributed by atoms with Crippen LogP contribution in [0.4, 0.5) is 5.00 Å². The molecule has 1 aromatic heterocycles. The fourth-order valence-corrected chi connectivity index (χ4v) is 2.39. The average Bonchev–Trinajstić information content (AvgIpc) is 2.94. The molecule has 3 N–H and O–H groups in total. The van der Waals surface area contributed by atoms with Gasteiger partial charge in [0.15, 0.2) is 0 Å². The molecule has 5 nitrogen and oxygen atoms in total.